The van der Waals surface area contributed by atoms with Crippen LogP contribution in [0.4, 0.5) is 0 Å². The molecule has 1 heterocycles. The van der Waals surface area contributed by atoms with Crippen LogP contribution < -0.4 is 9.47 Å². The molecule has 3 aromatic rings. The molecular weight excluding hydrogens is 633 g/mol. The van der Waals surface area contributed by atoms with E-state index < -0.39 is 5.97 Å². The van der Waals surface area contributed by atoms with E-state index in [4.69, 9.17) is 25.8 Å². The van der Waals surface area contributed by atoms with Gasteiger partial charge in [0.15, 0.2) is 17.2 Å². The number of hydrogen-bond acceptors (Lipinski definition) is 5. The van der Waals surface area contributed by atoms with Crippen LogP contribution in [0.3, 0.4) is 0 Å². The molecule has 0 atom stereocenters. The zero-order valence-electron chi connectivity index (χ0n) is 18.4. The fourth-order valence-corrected chi connectivity index (χ4v) is 4.32. The van der Waals surface area contributed by atoms with E-state index in [1.54, 1.807) is 18.2 Å². The van der Waals surface area contributed by atoms with Gasteiger partial charge in [0, 0.05) is 19.2 Å². The number of esters is 1. The Morgan fingerprint density at radius 1 is 1.15 bits per heavy atom. The van der Waals surface area contributed by atoms with Crippen molar-refractivity contribution in [3.05, 3.63) is 95.6 Å². The lowest BCUT2D eigenvalue weighted by molar-refractivity contribution is -0.129. The SMILES string of the molecule is CCOc1cc(/C=C2\N=C(c3ccc(I)c(C)c3)OC2=O)cc(Cl)c1OCc1ccccc1Br. The first-order valence-corrected chi connectivity index (χ1v) is 12.7. The van der Waals surface area contributed by atoms with Gasteiger partial charge >= 0.3 is 5.97 Å². The Hall–Kier alpha value is -2.36. The molecule has 0 radical (unpaired) electrons. The van der Waals surface area contributed by atoms with Gasteiger partial charge in [-0.05, 0) is 90.0 Å². The second-order valence-electron chi connectivity index (χ2n) is 7.44. The van der Waals surface area contributed by atoms with E-state index >= 15 is 0 Å². The lowest BCUT2D eigenvalue weighted by Crippen LogP contribution is -2.05. The lowest BCUT2D eigenvalue weighted by Gasteiger charge is -2.15. The van der Waals surface area contributed by atoms with Gasteiger partial charge in [-0.2, -0.15) is 0 Å². The first kappa shape index (κ1) is 24.8. The van der Waals surface area contributed by atoms with E-state index in [0.717, 1.165) is 24.7 Å². The Bertz CT molecular complexity index is 1320. The van der Waals surface area contributed by atoms with Crippen LogP contribution in [0.15, 0.2) is 69.8 Å². The van der Waals surface area contributed by atoms with Crippen LogP contribution in [-0.2, 0) is 16.1 Å². The first-order valence-electron chi connectivity index (χ1n) is 10.5. The number of aliphatic imine (C=N–C) groups is 1. The van der Waals surface area contributed by atoms with Gasteiger partial charge in [0.05, 0.1) is 11.6 Å². The van der Waals surface area contributed by atoms with Crippen molar-refractivity contribution in [2.45, 2.75) is 20.5 Å². The third-order valence-corrected chi connectivity index (χ3v) is 7.26. The molecule has 0 fully saturated rings. The maximum Gasteiger partial charge on any atom is 0.363 e. The number of cyclic esters (lactones) is 1. The summed E-state index contributed by atoms with van der Waals surface area (Å²) in [6.07, 6.45) is 1.63. The summed E-state index contributed by atoms with van der Waals surface area (Å²) in [4.78, 5) is 16.9. The molecular formula is C26H20BrClINO4. The average Bonchev–Trinajstić information content (AvgIpc) is 3.16. The van der Waals surface area contributed by atoms with Crippen molar-refractivity contribution in [2.75, 3.05) is 6.61 Å². The van der Waals surface area contributed by atoms with Crippen molar-refractivity contribution in [1.29, 1.82) is 0 Å². The standard InChI is InChI=1S/C26H20BrClINO4/c1-3-32-23-13-16(11-20(28)24(23)33-14-18-6-4-5-7-19(18)27)12-22-26(31)34-25(30-22)17-8-9-21(29)15(2)10-17/h4-13H,3,14H2,1-2H3/b22-12-. The molecule has 0 unspecified atom stereocenters. The molecule has 5 nitrogen and oxygen atoms in total. The molecule has 4 rings (SSSR count). The van der Waals surface area contributed by atoms with Gasteiger partial charge in [0.25, 0.3) is 0 Å². The van der Waals surface area contributed by atoms with Crippen molar-refractivity contribution in [3.63, 3.8) is 0 Å². The summed E-state index contributed by atoms with van der Waals surface area (Å²) >= 11 is 12.3. The topological polar surface area (TPSA) is 57.1 Å². The summed E-state index contributed by atoms with van der Waals surface area (Å²) in [5, 5.41) is 0.369. The highest BCUT2D eigenvalue weighted by molar-refractivity contribution is 14.1. The van der Waals surface area contributed by atoms with Gasteiger partial charge in [-0.1, -0.05) is 45.7 Å². The zero-order valence-corrected chi connectivity index (χ0v) is 22.9. The second kappa shape index (κ2) is 10.9. The Morgan fingerprint density at radius 2 is 1.94 bits per heavy atom. The van der Waals surface area contributed by atoms with Crippen molar-refractivity contribution in [2.24, 2.45) is 4.99 Å². The number of rotatable bonds is 7. The maximum atomic E-state index is 12.5. The van der Waals surface area contributed by atoms with Crippen LogP contribution in [0.1, 0.15) is 29.2 Å². The Kier molecular flexibility index (Phi) is 7.95. The molecule has 1 aliphatic heterocycles. The zero-order chi connectivity index (χ0) is 24.2. The predicted octanol–water partition coefficient (Wildman–Crippen LogP) is 7.34. The van der Waals surface area contributed by atoms with Crippen molar-refractivity contribution < 1.29 is 19.0 Å². The van der Waals surface area contributed by atoms with Gasteiger partial charge in [0.2, 0.25) is 5.90 Å². The van der Waals surface area contributed by atoms with Crippen molar-refractivity contribution in [1.82, 2.24) is 0 Å². The number of carbonyl (C=O) groups is 1. The second-order valence-corrected chi connectivity index (χ2v) is 9.87. The molecule has 0 amide bonds. The lowest BCUT2D eigenvalue weighted by atomic mass is 10.1. The molecule has 34 heavy (non-hydrogen) atoms. The molecule has 0 aromatic heterocycles. The summed E-state index contributed by atoms with van der Waals surface area (Å²) in [7, 11) is 0. The highest BCUT2D eigenvalue weighted by Crippen LogP contribution is 2.38. The molecule has 8 heteroatoms. The van der Waals surface area contributed by atoms with Gasteiger partial charge in [-0.25, -0.2) is 9.79 Å². The summed E-state index contributed by atoms with van der Waals surface area (Å²) < 4.78 is 19.3. The van der Waals surface area contributed by atoms with E-state index in [1.165, 1.54) is 0 Å². The molecule has 0 bridgehead atoms. The van der Waals surface area contributed by atoms with Crippen LogP contribution in [0.5, 0.6) is 11.5 Å². The predicted molar refractivity (Wildman–Crippen MR) is 146 cm³/mol. The summed E-state index contributed by atoms with van der Waals surface area (Å²) in [6, 6.07) is 17.1. The number of ether oxygens (including phenoxy) is 3. The summed E-state index contributed by atoms with van der Waals surface area (Å²) in [5.74, 6) is 0.682. The fourth-order valence-electron chi connectivity index (χ4n) is 3.31. The third kappa shape index (κ3) is 5.64. The molecule has 0 N–H and O–H groups in total. The minimum Gasteiger partial charge on any atom is -0.490 e. The number of carbonyl (C=O) groups excluding carboxylic acids is 1. The highest BCUT2D eigenvalue weighted by Gasteiger charge is 2.25. The van der Waals surface area contributed by atoms with Gasteiger partial charge in [-0.15, -0.1) is 0 Å². The highest BCUT2D eigenvalue weighted by atomic mass is 127. The van der Waals surface area contributed by atoms with Crippen LogP contribution in [0.25, 0.3) is 6.08 Å². The van der Waals surface area contributed by atoms with E-state index in [2.05, 4.69) is 43.5 Å². The number of nitrogens with zero attached hydrogens (tertiary/aromatic N) is 1. The Labute approximate surface area is 225 Å². The third-order valence-electron chi connectivity index (χ3n) is 4.99. The normalized spacial score (nSPS) is 14.2. The Morgan fingerprint density at radius 3 is 2.68 bits per heavy atom. The number of aryl methyl sites for hydroxylation is 1. The average molecular weight is 653 g/mol. The smallest absolute Gasteiger partial charge is 0.363 e. The largest absolute Gasteiger partial charge is 0.490 e. The molecule has 0 saturated heterocycles. The van der Waals surface area contributed by atoms with E-state index in [9.17, 15) is 4.79 Å². The first-order chi connectivity index (χ1) is 16.4. The van der Waals surface area contributed by atoms with Crippen LogP contribution in [0, 0.1) is 10.5 Å². The Balaban J connectivity index is 1.62. The van der Waals surface area contributed by atoms with E-state index in [1.807, 2.05) is 56.3 Å². The molecule has 0 saturated carbocycles. The van der Waals surface area contributed by atoms with Gasteiger partial charge < -0.3 is 14.2 Å². The minimum atomic E-state index is -0.519. The summed E-state index contributed by atoms with van der Waals surface area (Å²) in [5.41, 5.74) is 3.65. The number of hydrogen-bond donors (Lipinski definition) is 0. The van der Waals surface area contributed by atoms with Gasteiger partial charge in [0.1, 0.15) is 6.61 Å². The molecule has 0 spiro atoms. The molecule has 1 aliphatic rings. The number of benzene rings is 3. The van der Waals surface area contributed by atoms with Gasteiger partial charge in [-0.3, -0.25) is 0 Å². The van der Waals surface area contributed by atoms with E-state index in [-0.39, 0.29) is 11.6 Å². The van der Waals surface area contributed by atoms with Crippen LogP contribution in [0.2, 0.25) is 5.02 Å². The summed E-state index contributed by atoms with van der Waals surface area (Å²) in [6.45, 7) is 4.62. The molecule has 3 aromatic carbocycles. The fraction of sp³-hybridized carbons (Fsp3) is 0.154. The minimum absolute atomic E-state index is 0.187. The van der Waals surface area contributed by atoms with Crippen LogP contribution in [-0.4, -0.2) is 18.5 Å². The monoisotopic (exact) mass is 651 g/mol. The quantitative estimate of drug-likeness (QED) is 0.152. The van der Waals surface area contributed by atoms with Crippen LogP contribution >= 0.6 is 50.1 Å². The molecule has 0 aliphatic carbocycles. The van der Waals surface area contributed by atoms with E-state index in [0.29, 0.717) is 35.3 Å². The van der Waals surface area contributed by atoms with Crippen molar-refractivity contribution in [3.8, 4) is 11.5 Å². The molecule has 174 valence electrons. The van der Waals surface area contributed by atoms with Crippen molar-refractivity contribution >= 4 is 68.1 Å². The number of halogens is 3. The maximum absolute atomic E-state index is 12.5.